The van der Waals surface area contributed by atoms with Crippen molar-refractivity contribution in [2.45, 2.75) is 25.4 Å². The molecule has 0 spiro atoms. The Morgan fingerprint density at radius 2 is 2.22 bits per heavy atom. The van der Waals surface area contributed by atoms with E-state index >= 15 is 0 Å². The number of hydrogen-bond donors (Lipinski definition) is 1. The number of halogens is 1. The molecule has 7 nitrogen and oxygen atoms in total. The molecular formula is C18H17ClN3O4S-. The minimum absolute atomic E-state index is 0.0275. The van der Waals surface area contributed by atoms with Crippen LogP contribution in [0.15, 0.2) is 22.2 Å². The van der Waals surface area contributed by atoms with Gasteiger partial charge in [-0.25, -0.2) is 4.98 Å². The molecule has 0 saturated heterocycles. The van der Waals surface area contributed by atoms with Crippen molar-refractivity contribution in [1.29, 1.82) is 0 Å². The van der Waals surface area contributed by atoms with E-state index in [1.54, 1.807) is 19.1 Å². The van der Waals surface area contributed by atoms with Crippen molar-refractivity contribution < 1.29 is 19.4 Å². The van der Waals surface area contributed by atoms with Gasteiger partial charge in [0.2, 0.25) is 5.16 Å². The van der Waals surface area contributed by atoms with E-state index in [-0.39, 0.29) is 21.7 Å². The van der Waals surface area contributed by atoms with Gasteiger partial charge in [-0.1, -0.05) is 24.4 Å². The van der Waals surface area contributed by atoms with Crippen LogP contribution in [0.2, 0.25) is 5.02 Å². The van der Waals surface area contributed by atoms with E-state index in [0.717, 1.165) is 11.8 Å². The van der Waals surface area contributed by atoms with Gasteiger partial charge in [0.1, 0.15) is 12.4 Å². The number of aromatic nitrogens is 3. The maximum Gasteiger partial charge on any atom is 0.213 e. The molecule has 0 amide bonds. The molecule has 1 aromatic heterocycles. The summed E-state index contributed by atoms with van der Waals surface area (Å²) in [5.74, 6) is 2.32. The second-order valence-corrected chi connectivity index (χ2v) is 6.49. The number of rotatable bonds is 9. The Bertz CT molecular complexity index is 889. The van der Waals surface area contributed by atoms with E-state index in [9.17, 15) is 9.90 Å². The summed E-state index contributed by atoms with van der Waals surface area (Å²) in [7, 11) is 0. The van der Waals surface area contributed by atoms with Crippen molar-refractivity contribution in [2.24, 2.45) is 0 Å². The molecule has 1 N–H and O–H groups in total. The molecule has 0 fully saturated rings. The van der Waals surface area contributed by atoms with E-state index < -0.39 is 5.97 Å². The average molecular weight is 407 g/mol. The van der Waals surface area contributed by atoms with Crippen molar-refractivity contribution in [2.75, 3.05) is 13.2 Å². The second kappa shape index (κ2) is 9.90. The van der Waals surface area contributed by atoms with Crippen LogP contribution >= 0.6 is 23.4 Å². The van der Waals surface area contributed by atoms with Gasteiger partial charge in [0.15, 0.2) is 11.5 Å². The van der Waals surface area contributed by atoms with Gasteiger partial charge in [-0.05, 0) is 42.5 Å². The summed E-state index contributed by atoms with van der Waals surface area (Å²) in [4.78, 5) is 15.6. The Hall–Kier alpha value is -2.63. The Kier molecular flexibility index (Phi) is 7.58. The lowest BCUT2D eigenvalue weighted by molar-refractivity contribution is -0.297. The molecule has 0 bridgehead atoms. The Morgan fingerprint density at radius 3 is 2.81 bits per heavy atom. The first-order valence-electron chi connectivity index (χ1n) is 8.03. The molecule has 1 aromatic carbocycles. The number of terminal acetylenes is 1. The molecule has 0 aliphatic rings. The molecule has 0 radical (unpaired) electrons. The minimum Gasteiger partial charge on any atom is -0.544 e. The summed E-state index contributed by atoms with van der Waals surface area (Å²) < 4.78 is 10.9. The summed E-state index contributed by atoms with van der Waals surface area (Å²) in [6, 6.07) is 3.16. The molecule has 2 aromatic rings. The van der Waals surface area contributed by atoms with Crippen LogP contribution in [0.25, 0.3) is 6.08 Å². The Morgan fingerprint density at radius 1 is 1.44 bits per heavy atom. The fourth-order valence-corrected chi connectivity index (χ4v) is 3.05. The van der Waals surface area contributed by atoms with Gasteiger partial charge in [0.05, 0.1) is 17.6 Å². The molecule has 142 valence electrons. The molecule has 0 atom stereocenters. The highest BCUT2D eigenvalue weighted by Crippen LogP contribution is 2.38. The molecule has 0 saturated carbocycles. The average Bonchev–Trinajstić information content (AvgIpc) is 3.08. The van der Waals surface area contributed by atoms with E-state index in [2.05, 4.69) is 21.1 Å². The standard InChI is InChI=1S/C18H18ClN3O4S/c1-4-7-26-16-12(19)8-11(9-13(16)25-6-3)10-14(17(23)24)27-18-20-15(5-2)21-22-18/h1,8-10H,5-7H2,2-3H3,(H,23,24)(H,20,21,22)/p-1/b14-10-. The van der Waals surface area contributed by atoms with E-state index in [1.165, 1.54) is 6.08 Å². The van der Waals surface area contributed by atoms with Crippen molar-refractivity contribution in [1.82, 2.24) is 15.2 Å². The summed E-state index contributed by atoms with van der Waals surface area (Å²) in [5.41, 5.74) is 0.495. The number of aliphatic carboxylic acids is 1. The summed E-state index contributed by atoms with van der Waals surface area (Å²) >= 11 is 7.12. The maximum absolute atomic E-state index is 11.5. The molecular weight excluding hydrogens is 390 g/mol. The molecule has 0 unspecified atom stereocenters. The van der Waals surface area contributed by atoms with Crippen LogP contribution in [-0.4, -0.2) is 34.4 Å². The van der Waals surface area contributed by atoms with Gasteiger partial charge in [0, 0.05) is 11.3 Å². The van der Waals surface area contributed by atoms with Gasteiger partial charge in [0.25, 0.3) is 0 Å². The highest BCUT2D eigenvalue weighted by atomic mass is 35.5. The van der Waals surface area contributed by atoms with Crippen molar-refractivity contribution >= 4 is 35.4 Å². The third kappa shape index (κ3) is 5.67. The number of H-pyrrole nitrogens is 1. The number of carboxylic acid groups (broad SMARTS) is 1. The molecule has 9 heteroatoms. The van der Waals surface area contributed by atoms with Crippen molar-refractivity contribution in [3.63, 3.8) is 0 Å². The van der Waals surface area contributed by atoms with Crippen LogP contribution in [0.1, 0.15) is 25.2 Å². The van der Waals surface area contributed by atoms with E-state index in [1.807, 2.05) is 6.92 Å². The van der Waals surface area contributed by atoms with Gasteiger partial charge in [-0.2, -0.15) is 0 Å². The number of nitrogens with one attached hydrogen (secondary N) is 1. The van der Waals surface area contributed by atoms with Crippen molar-refractivity contribution in [3.8, 4) is 23.8 Å². The lowest BCUT2D eigenvalue weighted by atomic mass is 10.2. The number of aromatic amines is 1. The molecule has 1 heterocycles. The monoisotopic (exact) mass is 406 g/mol. The quantitative estimate of drug-likeness (QED) is 0.387. The number of ether oxygens (including phenoxy) is 2. The smallest absolute Gasteiger partial charge is 0.213 e. The summed E-state index contributed by atoms with van der Waals surface area (Å²) in [6.07, 6.45) is 7.27. The third-order valence-corrected chi connectivity index (χ3v) is 4.33. The molecule has 27 heavy (non-hydrogen) atoms. The van der Waals surface area contributed by atoms with Crippen LogP contribution in [0.3, 0.4) is 0 Å². The van der Waals surface area contributed by atoms with Gasteiger partial charge in [-0.15, -0.1) is 11.5 Å². The number of benzene rings is 1. The zero-order valence-corrected chi connectivity index (χ0v) is 16.3. The first-order valence-corrected chi connectivity index (χ1v) is 9.22. The minimum atomic E-state index is -1.36. The first kappa shape index (κ1) is 20.7. The van der Waals surface area contributed by atoms with Crippen LogP contribution in [0.4, 0.5) is 0 Å². The number of thioether (sulfide) groups is 1. The largest absolute Gasteiger partial charge is 0.544 e. The topological polar surface area (TPSA) is 100 Å². The van der Waals surface area contributed by atoms with Crippen LogP contribution in [0, 0.1) is 12.3 Å². The number of aryl methyl sites for hydroxylation is 1. The number of hydrogen-bond acceptors (Lipinski definition) is 7. The lowest BCUT2D eigenvalue weighted by Gasteiger charge is -2.13. The molecule has 0 aliphatic heterocycles. The third-order valence-electron chi connectivity index (χ3n) is 3.18. The fourth-order valence-electron chi connectivity index (χ4n) is 2.05. The number of carbonyl (C=O) groups excluding carboxylic acids is 1. The van der Waals surface area contributed by atoms with Crippen LogP contribution in [-0.2, 0) is 11.2 Å². The molecule has 0 aliphatic carbocycles. The lowest BCUT2D eigenvalue weighted by Crippen LogP contribution is -2.23. The van der Waals surface area contributed by atoms with Crippen LogP contribution < -0.4 is 14.6 Å². The van der Waals surface area contributed by atoms with Gasteiger partial charge < -0.3 is 19.4 Å². The van der Waals surface area contributed by atoms with Gasteiger partial charge >= 0.3 is 0 Å². The van der Waals surface area contributed by atoms with Crippen LogP contribution in [0.5, 0.6) is 11.5 Å². The molecule has 2 rings (SSSR count). The predicted molar refractivity (Wildman–Crippen MR) is 102 cm³/mol. The second-order valence-electron chi connectivity index (χ2n) is 5.07. The highest BCUT2D eigenvalue weighted by Gasteiger charge is 2.14. The normalized spacial score (nSPS) is 11.1. The van der Waals surface area contributed by atoms with Crippen molar-refractivity contribution in [3.05, 3.63) is 33.4 Å². The fraction of sp³-hybridized carbons (Fsp3) is 0.278. The Labute approximate surface area is 166 Å². The first-order chi connectivity index (χ1) is 13.0. The number of carbonyl (C=O) groups is 1. The van der Waals surface area contributed by atoms with E-state index in [0.29, 0.717) is 35.9 Å². The maximum atomic E-state index is 11.5. The predicted octanol–water partition coefficient (Wildman–Crippen LogP) is 2.31. The Balaban J connectivity index is 2.37. The number of carboxylic acids is 1. The van der Waals surface area contributed by atoms with E-state index in [4.69, 9.17) is 27.5 Å². The number of nitrogens with zero attached hydrogens (tertiary/aromatic N) is 2. The highest BCUT2D eigenvalue weighted by molar-refractivity contribution is 8.04. The zero-order chi connectivity index (χ0) is 19.8. The SMILES string of the molecule is C#CCOc1c(Cl)cc(/C=C(\Sc2n[nH]c(CC)n2)C(=O)[O-])cc1OCC. The van der Waals surface area contributed by atoms with Gasteiger partial charge in [-0.3, -0.25) is 5.10 Å². The summed E-state index contributed by atoms with van der Waals surface area (Å²) in [5, 5.41) is 18.7. The summed E-state index contributed by atoms with van der Waals surface area (Å²) in [6.45, 7) is 4.11. The zero-order valence-electron chi connectivity index (χ0n) is 14.7.